The number of likely N-dealkylation sites (N-methyl/N-ethyl adjacent to an activating group) is 1. The lowest BCUT2D eigenvalue weighted by atomic mass is 10.2. The van der Waals surface area contributed by atoms with Crippen molar-refractivity contribution in [1.82, 2.24) is 9.80 Å². The third-order valence-corrected chi connectivity index (χ3v) is 3.69. The number of para-hydroxylation sites is 1. The first kappa shape index (κ1) is 13.5. The topological polar surface area (TPSA) is 44.5 Å². The quantitative estimate of drug-likeness (QED) is 0.814. The van der Waals surface area contributed by atoms with Crippen molar-refractivity contribution < 1.29 is 0 Å². The minimum absolute atomic E-state index is 0.688. The minimum Gasteiger partial charge on any atom is -0.397 e. The summed E-state index contributed by atoms with van der Waals surface area (Å²) in [6.07, 6.45) is 0. The van der Waals surface area contributed by atoms with Gasteiger partial charge in [-0.3, -0.25) is 4.90 Å². The Morgan fingerprint density at radius 1 is 1.28 bits per heavy atom. The van der Waals surface area contributed by atoms with Gasteiger partial charge in [0.25, 0.3) is 0 Å². The van der Waals surface area contributed by atoms with E-state index in [9.17, 15) is 0 Å². The molecule has 1 fully saturated rings. The van der Waals surface area contributed by atoms with Crippen molar-refractivity contribution in [3.63, 3.8) is 0 Å². The smallest absolute Gasteiger partial charge is 0.0763 e. The van der Waals surface area contributed by atoms with Crippen LogP contribution in [0.4, 0.5) is 11.4 Å². The van der Waals surface area contributed by atoms with E-state index in [1.165, 1.54) is 0 Å². The fraction of sp³-hybridized carbons (Fsp3) is 0.538. The summed E-state index contributed by atoms with van der Waals surface area (Å²) in [6, 6.07) is 5.59. The average molecular weight is 269 g/mol. The first-order valence-corrected chi connectivity index (χ1v) is 6.73. The van der Waals surface area contributed by atoms with Crippen LogP contribution in [0.5, 0.6) is 0 Å². The highest BCUT2D eigenvalue weighted by Gasteiger charge is 2.13. The maximum absolute atomic E-state index is 6.11. The zero-order chi connectivity index (χ0) is 13.0. The molecular formula is C13H21ClN4. The summed E-state index contributed by atoms with van der Waals surface area (Å²) >= 11 is 6.11. The molecule has 3 N–H and O–H groups in total. The second kappa shape index (κ2) is 6.27. The van der Waals surface area contributed by atoms with E-state index in [0.29, 0.717) is 10.7 Å². The molecule has 0 radical (unpaired) electrons. The third kappa shape index (κ3) is 3.51. The molecule has 5 heteroatoms. The van der Waals surface area contributed by atoms with E-state index in [4.69, 9.17) is 17.3 Å². The number of rotatable bonds is 4. The van der Waals surface area contributed by atoms with Crippen molar-refractivity contribution in [2.45, 2.75) is 0 Å². The number of anilines is 2. The van der Waals surface area contributed by atoms with Crippen molar-refractivity contribution in [1.29, 1.82) is 0 Å². The molecule has 0 saturated carbocycles. The van der Waals surface area contributed by atoms with E-state index in [2.05, 4.69) is 22.2 Å². The van der Waals surface area contributed by atoms with Gasteiger partial charge < -0.3 is 16.0 Å². The Hall–Kier alpha value is -0.970. The molecule has 1 saturated heterocycles. The standard InChI is InChI=1S/C13H21ClN4/c1-17-7-9-18(10-8-17)6-5-16-13-11(14)3-2-4-12(13)15/h2-4,16H,5-10,15H2,1H3. The first-order valence-electron chi connectivity index (χ1n) is 6.35. The molecule has 1 aromatic carbocycles. The van der Waals surface area contributed by atoms with Crippen LogP contribution < -0.4 is 11.1 Å². The van der Waals surface area contributed by atoms with Gasteiger partial charge in [-0.1, -0.05) is 17.7 Å². The summed E-state index contributed by atoms with van der Waals surface area (Å²) < 4.78 is 0. The van der Waals surface area contributed by atoms with Crippen molar-refractivity contribution in [3.8, 4) is 0 Å². The summed E-state index contributed by atoms with van der Waals surface area (Å²) in [4.78, 5) is 4.82. The monoisotopic (exact) mass is 268 g/mol. The molecule has 0 atom stereocenters. The number of nitrogens with zero attached hydrogens (tertiary/aromatic N) is 2. The maximum Gasteiger partial charge on any atom is 0.0763 e. The molecule has 0 aliphatic carbocycles. The van der Waals surface area contributed by atoms with Gasteiger partial charge in [0.05, 0.1) is 16.4 Å². The summed E-state index contributed by atoms with van der Waals surface area (Å²) in [5.41, 5.74) is 7.46. The van der Waals surface area contributed by atoms with Crippen LogP contribution in [0.15, 0.2) is 18.2 Å². The number of piperazine rings is 1. The van der Waals surface area contributed by atoms with Gasteiger partial charge in [0, 0.05) is 39.3 Å². The van der Waals surface area contributed by atoms with Gasteiger partial charge in [-0.15, -0.1) is 0 Å². The number of nitrogens with two attached hydrogens (primary N) is 1. The maximum atomic E-state index is 6.11. The van der Waals surface area contributed by atoms with E-state index < -0.39 is 0 Å². The van der Waals surface area contributed by atoms with Gasteiger partial charge in [-0.25, -0.2) is 0 Å². The molecule has 1 aliphatic heterocycles. The molecule has 0 amide bonds. The van der Waals surface area contributed by atoms with Crippen LogP contribution in [-0.2, 0) is 0 Å². The summed E-state index contributed by atoms with van der Waals surface area (Å²) in [7, 11) is 2.17. The van der Waals surface area contributed by atoms with E-state index in [0.717, 1.165) is 45.0 Å². The van der Waals surface area contributed by atoms with Crippen LogP contribution >= 0.6 is 11.6 Å². The lowest BCUT2D eigenvalue weighted by Gasteiger charge is -2.32. The molecule has 1 aliphatic rings. The second-order valence-corrected chi connectivity index (χ2v) is 5.18. The normalized spacial score (nSPS) is 17.9. The minimum atomic E-state index is 0.688. The van der Waals surface area contributed by atoms with Gasteiger partial charge in [-0.2, -0.15) is 0 Å². The fourth-order valence-corrected chi connectivity index (χ4v) is 2.39. The van der Waals surface area contributed by atoms with Crippen LogP contribution in [0, 0.1) is 0 Å². The molecule has 0 unspecified atom stereocenters. The molecule has 0 bridgehead atoms. The van der Waals surface area contributed by atoms with Crippen molar-refractivity contribution in [3.05, 3.63) is 23.2 Å². The predicted molar refractivity (Wildman–Crippen MR) is 78.3 cm³/mol. The summed E-state index contributed by atoms with van der Waals surface area (Å²) in [6.45, 7) is 6.46. The Labute approximate surface area is 114 Å². The first-order chi connectivity index (χ1) is 8.66. The van der Waals surface area contributed by atoms with E-state index in [-0.39, 0.29) is 0 Å². The van der Waals surface area contributed by atoms with Gasteiger partial charge >= 0.3 is 0 Å². The lowest BCUT2D eigenvalue weighted by Crippen LogP contribution is -2.45. The zero-order valence-corrected chi connectivity index (χ0v) is 11.6. The highest BCUT2D eigenvalue weighted by Crippen LogP contribution is 2.27. The molecule has 1 aromatic rings. The SMILES string of the molecule is CN1CCN(CCNc2c(N)cccc2Cl)CC1. The predicted octanol–water partition coefficient (Wildman–Crippen LogP) is 1.58. The Bertz CT molecular complexity index is 368. The highest BCUT2D eigenvalue weighted by atomic mass is 35.5. The third-order valence-electron chi connectivity index (χ3n) is 3.37. The van der Waals surface area contributed by atoms with E-state index in [1.54, 1.807) is 0 Å². The van der Waals surface area contributed by atoms with E-state index >= 15 is 0 Å². The van der Waals surface area contributed by atoms with Crippen molar-refractivity contribution in [2.75, 3.05) is 57.4 Å². The molecule has 0 spiro atoms. The van der Waals surface area contributed by atoms with Crippen LogP contribution in [0.3, 0.4) is 0 Å². The van der Waals surface area contributed by atoms with Crippen LogP contribution in [-0.4, -0.2) is 56.1 Å². The number of benzene rings is 1. The summed E-state index contributed by atoms with van der Waals surface area (Å²) in [5.74, 6) is 0. The highest BCUT2D eigenvalue weighted by molar-refractivity contribution is 6.33. The molecule has 1 heterocycles. The van der Waals surface area contributed by atoms with Gasteiger partial charge in [0.15, 0.2) is 0 Å². The van der Waals surface area contributed by atoms with Gasteiger partial charge in [-0.05, 0) is 19.2 Å². The van der Waals surface area contributed by atoms with Gasteiger partial charge in [0.1, 0.15) is 0 Å². The number of hydrogen-bond donors (Lipinski definition) is 2. The number of halogens is 1. The molecule has 4 nitrogen and oxygen atoms in total. The van der Waals surface area contributed by atoms with Crippen molar-refractivity contribution in [2.24, 2.45) is 0 Å². The number of nitrogens with one attached hydrogen (secondary N) is 1. The molecule has 2 rings (SSSR count). The van der Waals surface area contributed by atoms with E-state index in [1.807, 2.05) is 18.2 Å². The molecule has 18 heavy (non-hydrogen) atoms. The molecule has 100 valence electrons. The molecule has 0 aromatic heterocycles. The van der Waals surface area contributed by atoms with Crippen LogP contribution in [0.1, 0.15) is 0 Å². The average Bonchev–Trinajstić information content (AvgIpc) is 2.35. The van der Waals surface area contributed by atoms with Crippen molar-refractivity contribution >= 4 is 23.0 Å². The largest absolute Gasteiger partial charge is 0.397 e. The van der Waals surface area contributed by atoms with Crippen LogP contribution in [0.2, 0.25) is 5.02 Å². The Morgan fingerprint density at radius 2 is 2.00 bits per heavy atom. The van der Waals surface area contributed by atoms with Crippen LogP contribution in [0.25, 0.3) is 0 Å². The summed E-state index contributed by atoms with van der Waals surface area (Å²) in [5, 5.41) is 4.02. The second-order valence-electron chi connectivity index (χ2n) is 4.78. The Balaban J connectivity index is 1.78. The number of nitrogen functional groups attached to an aromatic ring is 1. The lowest BCUT2D eigenvalue weighted by molar-refractivity contribution is 0.158. The Morgan fingerprint density at radius 3 is 2.67 bits per heavy atom. The molecular weight excluding hydrogens is 248 g/mol. The number of hydrogen-bond acceptors (Lipinski definition) is 4. The Kier molecular flexibility index (Phi) is 4.69. The zero-order valence-electron chi connectivity index (χ0n) is 10.8. The van der Waals surface area contributed by atoms with Gasteiger partial charge in [0.2, 0.25) is 0 Å². The fourth-order valence-electron chi connectivity index (χ4n) is 2.14.